The number of rotatable bonds is 25. The Morgan fingerprint density at radius 3 is 1.41 bits per heavy atom. The molecule has 0 rings (SSSR count). The molecule has 32 heavy (non-hydrogen) atoms. The standard InChI is InChI=1S/C29H57NO2/c1-4-5-6-7-8-9-10-11-12-13-14-15-16-17-18-19-20-21-22-23-24-25-26-28(29(31)32)27-30(2)3/h21-22,28H,4-20,23-27H2,1-3H3,(H,31,32). The third-order valence-electron chi connectivity index (χ3n) is 6.50. The monoisotopic (exact) mass is 451 g/mol. The second-order valence-electron chi connectivity index (χ2n) is 10.1. The number of carbonyl (C=O) groups is 1. The van der Waals surface area contributed by atoms with Crippen molar-refractivity contribution in [1.29, 1.82) is 0 Å². The van der Waals surface area contributed by atoms with E-state index in [0.717, 1.165) is 25.7 Å². The zero-order chi connectivity index (χ0) is 23.7. The van der Waals surface area contributed by atoms with Gasteiger partial charge in [-0.2, -0.15) is 0 Å². The summed E-state index contributed by atoms with van der Waals surface area (Å²) in [6.07, 6.45) is 32.6. The summed E-state index contributed by atoms with van der Waals surface area (Å²) in [5, 5.41) is 9.25. The van der Waals surface area contributed by atoms with Crippen LogP contribution in [0.1, 0.15) is 142 Å². The SMILES string of the molecule is CCCCCCCCCCCCCCCCCCC=CCCCCC(CN(C)C)C(=O)O. The maximum absolute atomic E-state index is 11.2. The van der Waals surface area contributed by atoms with E-state index in [-0.39, 0.29) is 5.92 Å². The Morgan fingerprint density at radius 1 is 0.656 bits per heavy atom. The van der Waals surface area contributed by atoms with Crippen molar-refractivity contribution in [3.63, 3.8) is 0 Å². The molecule has 0 fully saturated rings. The van der Waals surface area contributed by atoms with Gasteiger partial charge in [0.2, 0.25) is 0 Å². The fourth-order valence-corrected chi connectivity index (χ4v) is 4.43. The molecule has 0 bridgehead atoms. The smallest absolute Gasteiger partial charge is 0.307 e. The first kappa shape index (κ1) is 31.2. The summed E-state index contributed by atoms with van der Waals surface area (Å²) in [4.78, 5) is 13.2. The number of unbranched alkanes of at least 4 members (excludes halogenated alkanes) is 18. The van der Waals surface area contributed by atoms with Gasteiger partial charge in [-0.05, 0) is 46.2 Å². The van der Waals surface area contributed by atoms with E-state index in [1.54, 1.807) is 0 Å². The first-order chi connectivity index (χ1) is 15.6. The number of carboxylic acids is 1. The molecular formula is C29H57NO2. The number of carboxylic acid groups (broad SMARTS) is 1. The van der Waals surface area contributed by atoms with Crippen LogP contribution in [0.3, 0.4) is 0 Å². The molecule has 0 aromatic rings. The number of aliphatic carboxylic acids is 1. The maximum Gasteiger partial charge on any atom is 0.307 e. The molecule has 0 radical (unpaired) electrons. The lowest BCUT2D eigenvalue weighted by Gasteiger charge is -2.16. The van der Waals surface area contributed by atoms with Gasteiger partial charge in [0.1, 0.15) is 0 Å². The Balaban J connectivity index is 3.27. The Hall–Kier alpha value is -0.830. The fourth-order valence-electron chi connectivity index (χ4n) is 4.43. The normalized spacial score (nSPS) is 12.8. The highest BCUT2D eigenvalue weighted by Crippen LogP contribution is 2.15. The highest BCUT2D eigenvalue weighted by molar-refractivity contribution is 5.70. The van der Waals surface area contributed by atoms with Crippen LogP contribution in [-0.4, -0.2) is 36.6 Å². The van der Waals surface area contributed by atoms with E-state index in [1.165, 1.54) is 109 Å². The van der Waals surface area contributed by atoms with Crippen molar-refractivity contribution >= 4 is 5.97 Å². The summed E-state index contributed by atoms with van der Waals surface area (Å²) in [5.74, 6) is -0.878. The summed E-state index contributed by atoms with van der Waals surface area (Å²) < 4.78 is 0. The Labute approximate surface area is 201 Å². The van der Waals surface area contributed by atoms with Crippen LogP contribution in [0.25, 0.3) is 0 Å². The van der Waals surface area contributed by atoms with Crippen LogP contribution >= 0.6 is 0 Å². The summed E-state index contributed by atoms with van der Waals surface area (Å²) >= 11 is 0. The fraction of sp³-hybridized carbons (Fsp3) is 0.897. The van der Waals surface area contributed by atoms with Gasteiger partial charge in [0.05, 0.1) is 5.92 Å². The molecule has 0 aromatic carbocycles. The molecule has 0 saturated carbocycles. The molecule has 0 aliphatic rings. The van der Waals surface area contributed by atoms with Gasteiger partial charge in [-0.25, -0.2) is 0 Å². The molecule has 1 atom stereocenters. The predicted molar refractivity (Wildman–Crippen MR) is 141 cm³/mol. The highest BCUT2D eigenvalue weighted by Gasteiger charge is 2.17. The van der Waals surface area contributed by atoms with Crippen LogP contribution in [0.4, 0.5) is 0 Å². The highest BCUT2D eigenvalue weighted by atomic mass is 16.4. The number of hydrogen-bond acceptors (Lipinski definition) is 2. The van der Waals surface area contributed by atoms with Crippen LogP contribution in [0.15, 0.2) is 12.2 Å². The zero-order valence-corrected chi connectivity index (χ0v) is 22.1. The van der Waals surface area contributed by atoms with Crippen LogP contribution in [0, 0.1) is 5.92 Å². The van der Waals surface area contributed by atoms with E-state index in [2.05, 4.69) is 19.1 Å². The molecule has 3 nitrogen and oxygen atoms in total. The minimum absolute atomic E-state index is 0.223. The van der Waals surface area contributed by atoms with Gasteiger partial charge < -0.3 is 10.0 Å². The Kier molecular flexibility index (Phi) is 24.2. The molecule has 0 aliphatic carbocycles. The summed E-state index contributed by atoms with van der Waals surface area (Å²) in [5.41, 5.74) is 0. The second kappa shape index (κ2) is 24.8. The zero-order valence-electron chi connectivity index (χ0n) is 22.1. The van der Waals surface area contributed by atoms with Gasteiger partial charge >= 0.3 is 5.97 Å². The maximum atomic E-state index is 11.2. The topological polar surface area (TPSA) is 40.5 Å². The lowest BCUT2D eigenvalue weighted by molar-refractivity contribution is -0.142. The van der Waals surface area contributed by atoms with Crippen LogP contribution in [0.5, 0.6) is 0 Å². The van der Waals surface area contributed by atoms with Gasteiger partial charge in [0.25, 0.3) is 0 Å². The lowest BCUT2D eigenvalue weighted by atomic mass is 10.0. The molecule has 0 spiro atoms. The van der Waals surface area contributed by atoms with E-state index in [9.17, 15) is 9.90 Å². The minimum Gasteiger partial charge on any atom is -0.481 e. The van der Waals surface area contributed by atoms with Crippen molar-refractivity contribution in [2.24, 2.45) is 5.92 Å². The van der Waals surface area contributed by atoms with E-state index in [4.69, 9.17) is 0 Å². The molecule has 0 amide bonds. The lowest BCUT2D eigenvalue weighted by Crippen LogP contribution is -2.27. The van der Waals surface area contributed by atoms with Crippen LogP contribution < -0.4 is 0 Å². The van der Waals surface area contributed by atoms with Gasteiger partial charge in [-0.3, -0.25) is 4.79 Å². The van der Waals surface area contributed by atoms with E-state index in [1.807, 2.05) is 19.0 Å². The first-order valence-electron chi connectivity index (χ1n) is 14.1. The molecule has 190 valence electrons. The van der Waals surface area contributed by atoms with Crippen LogP contribution in [0.2, 0.25) is 0 Å². The molecule has 0 aromatic heterocycles. The van der Waals surface area contributed by atoms with E-state index in [0.29, 0.717) is 6.54 Å². The van der Waals surface area contributed by atoms with E-state index < -0.39 is 5.97 Å². The summed E-state index contributed by atoms with van der Waals surface area (Å²) in [6, 6.07) is 0. The van der Waals surface area contributed by atoms with Gasteiger partial charge in [-0.1, -0.05) is 122 Å². The number of nitrogens with zero attached hydrogens (tertiary/aromatic N) is 1. The van der Waals surface area contributed by atoms with Crippen molar-refractivity contribution < 1.29 is 9.90 Å². The predicted octanol–water partition coefficient (Wildman–Crippen LogP) is 9.02. The van der Waals surface area contributed by atoms with Crippen molar-refractivity contribution in [2.75, 3.05) is 20.6 Å². The molecule has 3 heteroatoms. The summed E-state index contributed by atoms with van der Waals surface area (Å²) in [6.45, 7) is 2.93. The summed E-state index contributed by atoms with van der Waals surface area (Å²) in [7, 11) is 3.88. The van der Waals surface area contributed by atoms with Gasteiger partial charge in [0, 0.05) is 6.54 Å². The van der Waals surface area contributed by atoms with E-state index >= 15 is 0 Å². The Bertz CT molecular complexity index is 419. The van der Waals surface area contributed by atoms with Crippen molar-refractivity contribution in [3.05, 3.63) is 12.2 Å². The number of allylic oxidation sites excluding steroid dienone is 2. The number of hydrogen-bond donors (Lipinski definition) is 1. The van der Waals surface area contributed by atoms with Crippen molar-refractivity contribution in [1.82, 2.24) is 4.90 Å². The largest absolute Gasteiger partial charge is 0.481 e. The molecule has 0 saturated heterocycles. The molecule has 0 aliphatic heterocycles. The molecule has 1 N–H and O–H groups in total. The molecule has 1 unspecified atom stereocenters. The average molecular weight is 452 g/mol. The quantitative estimate of drug-likeness (QED) is 0.111. The second-order valence-corrected chi connectivity index (χ2v) is 10.1. The molecular weight excluding hydrogens is 394 g/mol. The van der Waals surface area contributed by atoms with Crippen LogP contribution in [-0.2, 0) is 4.79 Å². The first-order valence-corrected chi connectivity index (χ1v) is 14.1. The third kappa shape index (κ3) is 23.8. The van der Waals surface area contributed by atoms with Crippen molar-refractivity contribution in [2.45, 2.75) is 142 Å². The average Bonchev–Trinajstić information content (AvgIpc) is 2.76. The minimum atomic E-state index is -0.655. The van der Waals surface area contributed by atoms with Gasteiger partial charge in [0.15, 0.2) is 0 Å². The van der Waals surface area contributed by atoms with Gasteiger partial charge in [-0.15, -0.1) is 0 Å². The molecule has 0 heterocycles. The third-order valence-corrected chi connectivity index (χ3v) is 6.50. The van der Waals surface area contributed by atoms with Crippen molar-refractivity contribution in [3.8, 4) is 0 Å². The Morgan fingerprint density at radius 2 is 1.03 bits per heavy atom.